The van der Waals surface area contributed by atoms with Gasteiger partial charge in [-0.1, -0.05) is 44.9 Å². The van der Waals surface area contributed by atoms with Crippen molar-refractivity contribution in [2.24, 2.45) is 0 Å². The molecule has 1 aromatic rings. The van der Waals surface area contributed by atoms with Crippen molar-refractivity contribution in [2.45, 2.75) is 59.4 Å². The maximum Gasteiger partial charge on any atom is 0.0320 e. The van der Waals surface area contributed by atoms with Crippen LogP contribution >= 0.6 is 0 Å². The minimum Gasteiger partial charge on any atom is -0.310 e. The van der Waals surface area contributed by atoms with E-state index in [-0.39, 0.29) is 0 Å². The van der Waals surface area contributed by atoms with Gasteiger partial charge in [-0.25, -0.2) is 0 Å². The Labute approximate surface area is 107 Å². The molecule has 0 aliphatic carbocycles. The molecule has 0 spiro atoms. The lowest BCUT2D eigenvalue weighted by molar-refractivity contribution is 0.481. The molecule has 1 atom stereocenters. The molecule has 1 rings (SSSR count). The van der Waals surface area contributed by atoms with Crippen molar-refractivity contribution in [1.29, 1.82) is 0 Å². The average molecular weight is 233 g/mol. The van der Waals surface area contributed by atoms with Crippen molar-refractivity contribution in [3.8, 4) is 0 Å². The summed E-state index contributed by atoms with van der Waals surface area (Å²) >= 11 is 0. The summed E-state index contributed by atoms with van der Waals surface area (Å²) < 4.78 is 0. The summed E-state index contributed by atoms with van der Waals surface area (Å²) in [6, 6.07) is 7.41. The molecule has 1 aromatic carbocycles. The van der Waals surface area contributed by atoms with Gasteiger partial charge in [0.25, 0.3) is 0 Å². The molecule has 0 fully saturated rings. The first-order chi connectivity index (χ1) is 8.19. The number of rotatable bonds is 7. The fraction of sp³-hybridized carbons (Fsp3) is 0.625. The van der Waals surface area contributed by atoms with E-state index in [2.05, 4.69) is 51.2 Å². The molecule has 96 valence electrons. The molecular formula is C16H27N. The summed E-state index contributed by atoms with van der Waals surface area (Å²) in [6.07, 6.45) is 5.02. The minimum absolute atomic E-state index is 0.536. The topological polar surface area (TPSA) is 12.0 Å². The van der Waals surface area contributed by atoms with Crippen molar-refractivity contribution in [3.63, 3.8) is 0 Å². The van der Waals surface area contributed by atoms with E-state index < -0.39 is 0 Å². The van der Waals surface area contributed by atoms with E-state index in [0.29, 0.717) is 6.04 Å². The van der Waals surface area contributed by atoms with Crippen LogP contribution in [0.15, 0.2) is 18.2 Å². The van der Waals surface area contributed by atoms with Gasteiger partial charge in [0, 0.05) is 6.04 Å². The van der Waals surface area contributed by atoms with Crippen LogP contribution in [0.5, 0.6) is 0 Å². The number of nitrogens with one attached hydrogen (secondary N) is 1. The van der Waals surface area contributed by atoms with Crippen molar-refractivity contribution in [2.75, 3.05) is 6.54 Å². The van der Waals surface area contributed by atoms with Crippen molar-refractivity contribution < 1.29 is 0 Å². The lowest BCUT2D eigenvalue weighted by Gasteiger charge is -2.19. The first-order valence-electron chi connectivity index (χ1n) is 6.99. The van der Waals surface area contributed by atoms with Crippen molar-refractivity contribution in [1.82, 2.24) is 5.32 Å². The van der Waals surface area contributed by atoms with Crippen LogP contribution < -0.4 is 5.32 Å². The second-order valence-electron chi connectivity index (χ2n) is 4.99. The predicted molar refractivity (Wildman–Crippen MR) is 76.5 cm³/mol. The molecule has 0 heterocycles. The summed E-state index contributed by atoms with van der Waals surface area (Å²) in [6.45, 7) is 9.98. The van der Waals surface area contributed by atoms with E-state index in [4.69, 9.17) is 0 Å². The first-order valence-corrected chi connectivity index (χ1v) is 6.99. The van der Waals surface area contributed by atoms with Crippen molar-refractivity contribution in [3.05, 3.63) is 34.9 Å². The smallest absolute Gasteiger partial charge is 0.0320 e. The summed E-state index contributed by atoms with van der Waals surface area (Å²) in [4.78, 5) is 0. The second kappa shape index (κ2) is 7.50. The van der Waals surface area contributed by atoms with E-state index >= 15 is 0 Å². The molecule has 1 N–H and O–H groups in total. The molecule has 1 unspecified atom stereocenters. The molecule has 1 nitrogen and oxygen atoms in total. The van der Waals surface area contributed by atoms with Crippen LogP contribution in [-0.4, -0.2) is 6.54 Å². The average Bonchev–Trinajstić information content (AvgIpc) is 2.33. The van der Waals surface area contributed by atoms with Gasteiger partial charge in [0.2, 0.25) is 0 Å². The standard InChI is InChI=1S/C16H27N/c1-5-7-8-16(17-11-6-2)15-10-9-13(3)14(4)12-15/h9-10,12,16-17H,5-8,11H2,1-4H3. The lowest BCUT2D eigenvalue weighted by atomic mass is 9.97. The highest BCUT2D eigenvalue weighted by Gasteiger charge is 2.10. The van der Waals surface area contributed by atoms with Crippen LogP contribution in [0, 0.1) is 13.8 Å². The molecule has 0 aliphatic rings. The van der Waals surface area contributed by atoms with Gasteiger partial charge in [-0.05, 0) is 49.9 Å². The quantitative estimate of drug-likeness (QED) is 0.729. The Morgan fingerprint density at radius 2 is 1.82 bits per heavy atom. The zero-order chi connectivity index (χ0) is 12.7. The first kappa shape index (κ1) is 14.2. The fourth-order valence-corrected chi connectivity index (χ4v) is 2.09. The fourth-order valence-electron chi connectivity index (χ4n) is 2.09. The van der Waals surface area contributed by atoms with Crippen LogP contribution in [0.1, 0.15) is 62.3 Å². The van der Waals surface area contributed by atoms with Gasteiger partial charge in [0.15, 0.2) is 0 Å². The number of unbranched alkanes of at least 4 members (excludes halogenated alkanes) is 1. The Hall–Kier alpha value is -0.820. The van der Waals surface area contributed by atoms with E-state index in [0.717, 1.165) is 6.54 Å². The Bertz CT molecular complexity index is 322. The Kier molecular flexibility index (Phi) is 6.28. The third-order valence-electron chi connectivity index (χ3n) is 3.42. The molecular weight excluding hydrogens is 206 g/mol. The molecule has 17 heavy (non-hydrogen) atoms. The van der Waals surface area contributed by atoms with Gasteiger partial charge in [-0.2, -0.15) is 0 Å². The molecule has 1 heteroatoms. The molecule has 0 bridgehead atoms. The van der Waals surface area contributed by atoms with Gasteiger partial charge in [0.05, 0.1) is 0 Å². The van der Waals surface area contributed by atoms with Crippen LogP contribution in [0.25, 0.3) is 0 Å². The molecule has 0 saturated heterocycles. The van der Waals surface area contributed by atoms with E-state index in [1.54, 1.807) is 0 Å². The summed E-state index contributed by atoms with van der Waals surface area (Å²) in [5.41, 5.74) is 4.25. The molecule has 0 aliphatic heterocycles. The number of aryl methyl sites for hydroxylation is 2. The third-order valence-corrected chi connectivity index (χ3v) is 3.42. The number of hydrogen-bond acceptors (Lipinski definition) is 1. The largest absolute Gasteiger partial charge is 0.310 e. The zero-order valence-electron chi connectivity index (χ0n) is 11.8. The van der Waals surface area contributed by atoms with Crippen LogP contribution in [0.4, 0.5) is 0 Å². The maximum absolute atomic E-state index is 3.67. The van der Waals surface area contributed by atoms with Gasteiger partial charge >= 0.3 is 0 Å². The van der Waals surface area contributed by atoms with E-state index in [1.807, 2.05) is 0 Å². The number of benzene rings is 1. The molecule has 0 aromatic heterocycles. The highest BCUT2D eigenvalue weighted by molar-refractivity contribution is 5.31. The zero-order valence-corrected chi connectivity index (χ0v) is 11.8. The second-order valence-corrected chi connectivity index (χ2v) is 4.99. The SMILES string of the molecule is CCCCC(NCCC)c1ccc(C)c(C)c1. The van der Waals surface area contributed by atoms with Crippen molar-refractivity contribution >= 4 is 0 Å². The van der Waals surface area contributed by atoms with Crippen LogP contribution in [0.3, 0.4) is 0 Å². The van der Waals surface area contributed by atoms with Gasteiger partial charge < -0.3 is 5.32 Å². The van der Waals surface area contributed by atoms with Gasteiger partial charge in [-0.15, -0.1) is 0 Å². The van der Waals surface area contributed by atoms with Crippen LogP contribution in [-0.2, 0) is 0 Å². The minimum atomic E-state index is 0.536. The Morgan fingerprint density at radius 3 is 2.41 bits per heavy atom. The van der Waals surface area contributed by atoms with E-state index in [9.17, 15) is 0 Å². The lowest BCUT2D eigenvalue weighted by Crippen LogP contribution is -2.22. The number of hydrogen-bond donors (Lipinski definition) is 1. The Morgan fingerprint density at radius 1 is 1.06 bits per heavy atom. The highest BCUT2D eigenvalue weighted by atomic mass is 14.9. The summed E-state index contributed by atoms with van der Waals surface area (Å²) in [5, 5.41) is 3.67. The monoisotopic (exact) mass is 233 g/mol. The summed E-state index contributed by atoms with van der Waals surface area (Å²) in [7, 11) is 0. The highest BCUT2D eigenvalue weighted by Crippen LogP contribution is 2.21. The molecule has 0 amide bonds. The van der Waals surface area contributed by atoms with Gasteiger partial charge in [0.1, 0.15) is 0 Å². The predicted octanol–water partition coefficient (Wildman–Crippen LogP) is 4.53. The normalized spacial score (nSPS) is 12.7. The third kappa shape index (κ3) is 4.51. The molecule has 0 saturated carbocycles. The molecule has 0 radical (unpaired) electrons. The van der Waals surface area contributed by atoms with E-state index in [1.165, 1.54) is 42.4 Å². The van der Waals surface area contributed by atoms with Crippen LogP contribution in [0.2, 0.25) is 0 Å². The Balaban J connectivity index is 2.75. The van der Waals surface area contributed by atoms with Gasteiger partial charge in [-0.3, -0.25) is 0 Å². The summed E-state index contributed by atoms with van der Waals surface area (Å²) in [5.74, 6) is 0. The maximum atomic E-state index is 3.67.